The predicted octanol–water partition coefficient (Wildman–Crippen LogP) is 3.15. The van der Waals surface area contributed by atoms with E-state index >= 15 is 0 Å². The van der Waals surface area contributed by atoms with Gasteiger partial charge in [0.25, 0.3) is 0 Å². The Kier molecular flexibility index (Phi) is 3.41. The molecule has 1 fully saturated rings. The highest BCUT2D eigenvalue weighted by atomic mass is 32.2. The number of nitrogen functional groups attached to an aromatic ring is 1. The Bertz CT molecular complexity index is 334. The highest BCUT2D eigenvalue weighted by Crippen LogP contribution is 2.32. The fourth-order valence-corrected chi connectivity index (χ4v) is 3.24. The molecule has 1 aliphatic rings. The van der Waals surface area contributed by atoms with Crippen molar-refractivity contribution in [1.82, 2.24) is 0 Å². The van der Waals surface area contributed by atoms with Gasteiger partial charge in [-0.05, 0) is 30.5 Å². The molecule has 0 spiro atoms. The molecule has 1 aromatic rings. The van der Waals surface area contributed by atoms with Gasteiger partial charge in [0.05, 0.1) is 5.69 Å². The van der Waals surface area contributed by atoms with Gasteiger partial charge < -0.3 is 10.8 Å². The van der Waals surface area contributed by atoms with Crippen molar-refractivity contribution in [1.29, 1.82) is 0 Å². The lowest BCUT2D eigenvalue weighted by Gasteiger charge is -2.09. The predicted molar refractivity (Wildman–Crippen MR) is 66.1 cm³/mol. The van der Waals surface area contributed by atoms with E-state index in [-0.39, 0.29) is 5.75 Å². The highest BCUT2D eigenvalue weighted by Gasteiger charge is 2.15. The summed E-state index contributed by atoms with van der Waals surface area (Å²) in [6, 6.07) is 5.50. The summed E-state index contributed by atoms with van der Waals surface area (Å²) in [4.78, 5) is 0. The molecule has 82 valence electrons. The molecule has 15 heavy (non-hydrogen) atoms. The van der Waals surface area contributed by atoms with Crippen LogP contribution in [0.25, 0.3) is 0 Å². The van der Waals surface area contributed by atoms with Crippen LogP contribution in [0.5, 0.6) is 5.75 Å². The fourth-order valence-electron chi connectivity index (χ4n) is 1.96. The zero-order valence-electron chi connectivity index (χ0n) is 8.78. The maximum absolute atomic E-state index is 9.29. The number of phenols is 1. The molecular weight excluding hydrogens is 206 g/mol. The Balaban J connectivity index is 1.90. The average Bonchev–Trinajstić information content (AvgIpc) is 2.73. The first-order chi connectivity index (χ1) is 7.25. The highest BCUT2D eigenvalue weighted by molar-refractivity contribution is 7.99. The van der Waals surface area contributed by atoms with Crippen LogP contribution < -0.4 is 5.73 Å². The zero-order valence-corrected chi connectivity index (χ0v) is 9.59. The summed E-state index contributed by atoms with van der Waals surface area (Å²) in [7, 11) is 0. The zero-order chi connectivity index (χ0) is 10.7. The molecule has 0 atom stereocenters. The van der Waals surface area contributed by atoms with Crippen LogP contribution in [0.2, 0.25) is 0 Å². The third-order valence-electron chi connectivity index (χ3n) is 2.88. The number of hydrogen-bond donors (Lipinski definition) is 2. The van der Waals surface area contributed by atoms with Crippen molar-refractivity contribution in [3.8, 4) is 5.75 Å². The van der Waals surface area contributed by atoms with Gasteiger partial charge in [-0.3, -0.25) is 0 Å². The lowest BCUT2D eigenvalue weighted by Crippen LogP contribution is -1.95. The third kappa shape index (κ3) is 2.81. The molecule has 1 aliphatic carbocycles. The van der Waals surface area contributed by atoms with E-state index in [0.29, 0.717) is 5.69 Å². The Labute approximate surface area is 94.9 Å². The first-order valence-corrected chi connectivity index (χ1v) is 6.49. The van der Waals surface area contributed by atoms with Crippen LogP contribution in [0, 0.1) is 0 Å². The van der Waals surface area contributed by atoms with E-state index in [9.17, 15) is 5.11 Å². The van der Waals surface area contributed by atoms with E-state index in [1.807, 2.05) is 23.9 Å². The summed E-state index contributed by atoms with van der Waals surface area (Å²) in [5, 5.41) is 10.1. The summed E-state index contributed by atoms with van der Waals surface area (Å²) >= 11 is 2.01. The molecule has 1 saturated carbocycles. The minimum atomic E-state index is 0.185. The van der Waals surface area contributed by atoms with Crippen molar-refractivity contribution in [3.05, 3.63) is 23.8 Å². The Hall–Kier alpha value is -0.830. The van der Waals surface area contributed by atoms with E-state index < -0.39 is 0 Å². The first-order valence-electron chi connectivity index (χ1n) is 5.44. The molecule has 0 unspecified atom stereocenters. The molecule has 1 aromatic carbocycles. The largest absolute Gasteiger partial charge is 0.506 e. The van der Waals surface area contributed by atoms with Gasteiger partial charge in [-0.25, -0.2) is 0 Å². The molecule has 0 aliphatic heterocycles. The molecule has 0 amide bonds. The van der Waals surface area contributed by atoms with Crippen LogP contribution in [-0.4, -0.2) is 10.4 Å². The lowest BCUT2D eigenvalue weighted by atomic mass is 10.2. The van der Waals surface area contributed by atoms with Crippen LogP contribution in [-0.2, 0) is 5.75 Å². The summed E-state index contributed by atoms with van der Waals surface area (Å²) < 4.78 is 0. The topological polar surface area (TPSA) is 46.2 Å². The Morgan fingerprint density at radius 2 is 2.07 bits per heavy atom. The minimum Gasteiger partial charge on any atom is -0.506 e. The van der Waals surface area contributed by atoms with Gasteiger partial charge in [-0.15, -0.1) is 0 Å². The van der Waals surface area contributed by atoms with Gasteiger partial charge in [0.2, 0.25) is 0 Å². The summed E-state index contributed by atoms with van der Waals surface area (Å²) in [6.45, 7) is 0. The SMILES string of the molecule is Nc1cc(CSC2CCCC2)ccc1O. The number of hydrogen-bond acceptors (Lipinski definition) is 3. The van der Waals surface area contributed by atoms with Gasteiger partial charge >= 0.3 is 0 Å². The van der Waals surface area contributed by atoms with E-state index in [1.54, 1.807) is 6.07 Å². The monoisotopic (exact) mass is 223 g/mol. The number of thioether (sulfide) groups is 1. The van der Waals surface area contributed by atoms with Gasteiger partial charge in [0, 0.05) is 11.0 Å². The van der Waals surface area contributed by atoms with Crippen molar-refractivity contribution in [2.75, 3.05) is 5.73 Å². The molecule has 3 heteroatoms. The normalized spacial score (nSPS) is 17.1. The fraction of sp³-hybridized carbons (Fsp3) is 0.500. The summed E-state index contributed by atoms with van der Waals surface area (Å²) in [5.41, 5.74) is 7.34. The second-order valence-electron chi connectivity index (χ2n) is 4.11. The molecule has 0 saturated heterocycles. The molecule has 0 aromatic heterocycles. The van der Waals surface area contributed by atoms with Crippen LogP contribution in [0.1, 0.15) is 31.2 Å². The van der Waals surface area contributed by atoms with E-state index in [2.05, 4.69) is 0 Å². The molecule has 2 rings (SSSR count). The smallest absolute Gasteiger partial charge is 0.138 e. The van der Waals surface area contributed by atoms with Crippen LogP contribution in [0.3, 0.4) is 0 Å². The molecule has 0 bridgehead atoms. The molecule has 2 nitrogen and oxygen atoms in total. The minimum absolute atomic E-state index is 0.185. The second-order valence-corrected chi connectivity index (χ2v) is 5.40. The Morgan fingerprint density at radius 1 is 1.33 bits per heavy atom. The number of rotatable bonds is 3. The summed E-state index contributed by atoms with van der Waals surface area (Å²) in [6.07, 6.45) is 5.49. The van der Waals surface area contributed by atoms with Crippen molar-refractivity contribution in [3.63, 3.8) is 0 Å². The standard InChI is InChI=1S/C12H17NOS/c13-11-7-9(5-6-12(11)14)8-15-10-3-1-2-4-10/h5-7,10,14H,1-4,8,13H2. The number of anilines is 1. The van der Waals surface area contributed by atoms with Crippen LogP contribution in [0.15, 0.2) is 18.2 Å². The van der Waals surface area contributed by atoms with E-state index in [1.165, 1.54) is 31.2 Å². The molecule has 3 N–H and O–H groups in total. The molecular formula is C12H17NOS. The lowest BCUT2D eigenvalue weighted by molar-refractivity contribution is 0.478. The van der Waals surface area contributed by atoms with Crippen LogP contribution >= 0.6 is 11.8 Å². The van der Waals surface area contributed by atoms with Crippen LogP contribution in [0.4, 0.5) is 5.69 Å². The molecule has 0 heterocycles. The summed E-state index contributed by atoms with van der Waals surface area (Å²) in [5.74, 6) is 1.19. The van der Waals surface area contributed by atoms with Crippen molar-refractivity contribution < 1.29 is 5.11 Å². The molecule has 0 radical (unpaired) electrons. The maximum Gasteiger partial charge on any atom is 0.138 e. The van der Waals surface area contributed by atoms with E-state index in [0.717, 1.165) is 11.0 Å². The third-order valence-corrected chi connectivity index (χ3v) is 4.32. The maximum atomic E-state index is 9.29. The van der Waals surface area contributed by atoms with Crippen molar-refractivity contribution in [2.24, 2.45) is 0 Å². The average molecular weight is 223 g/mol. The second kappa shape index (κ2) is 4.79. The number of aromatic hydroxyl groups is 1. The van der Waals surface area contributed by atoms with E-state index in [4.69, 9.17) is 5.73 Å². The number of nitrogens with two attached hydrogens (primary N) is 1. The van der Waals surface area contributed by atoms with Gasteiger partial charge in [-0.1, -0.05) is 18.9 Å². The van der Waals surface area contributed by atoms with Crippen molar-refractivity contribution in [2.45, 2.75) is 36.7 Å². The Morgan fingerprint density at radius 3 is 2.73 bits per heavy atom. The number of benzene rings is 1. The first kappa shape index (κ1) is 10.7. The number of phenolic OH excluding ortho intramolecular Hbond substituents is 1. The van der Waals surface area contributed by atoms with Crippen molar-refractivity contribution >= 4 is 17.4 Å². The van der Waals surface area contributed by atoms with Gasteiger partial charge in [-0.2, -0.15) is 11.8 Å². The van der Waals surface area contributed by atoms with Gasteiger partial charge in [0.1, 0.15) is 5.75 Å². The quantitative estimate of drug-likeness (QED) is 0.611. The van der Waals surface area contributed by atoms with Gasteiger partial charge in [0.15, 0.2) is 0 Å².